The van der Waals surface area contributed by atoms with E-state index in [1.807, 2.05) is 6.07 Å². The summed E-state index contributed by atoms with van der Waals surface area (Å²) < 4.78 is 0.847. The Kier molecular flexibility index (Phi) is 6.24. The average molecular weight is 328 g/mol. The van der Waals surface area contributed by atoms with E-state index in [1.54, 1.807) is 0 Å². The lowest BCUT2D eigenvalue weighted by molar-refractivity contribution is 0.304. The fraction of sp³-hybridized carbons (Fsp3) is 0.733. The molecule has 0 amide bonds. The molecule has 0 radical (unpaired) electrons. The summed E-state index contributed by atoms with van der Waals surface area (Å²) in [5.41, 5.74) is 0. The number of rotatable bonds is 6. The van der Waals surface area contributed by atoms with Gasteiger partial charge in [-0.2, -0.15) is 0 Å². The van der Waals surface area contributed by atoms with Gasteiger partial charge >= 0.3 is 0 Å². The minimum absolute atomic E-state index is 0.337. The molecule has 0 aliphatic heterocycles. The van der Waals surface area contributed by atoms with Gasteiger partial charge in [-0.1, -0.05) is 41.5 Å². The largest absolute Gasteiger partial charge is 0.370 e. The van der Waals surface area contributed by atoms with E-state index in [-0.39, 0.29) is 0 Å². The van der Waals surface area contributed by atoms with Crippen molar-refractivity contribution in [2.45, 2.75) is 47.5 Å². The van der Waals surface area contributed by atoms with Crippen LogP contribution in [0.15, 0.2) is 10.7 Å². The molecule has 108 valence electrons. The van der Waals surface area contributed by atoms with Gasteiger partial charge in [0.25, 0.3) is 0 Å². The van der Waals surface area contributed by atoms with E-state index < -0.39 is 0 Å². The zero-order valence-electron chi connectivity index (χ0n) is 12.9. The van der Waals surface area contributed by atoms with Crippen molar-refractivity contribution in [3.8, 4) is 0 Å². The van der Waals surface area contributed by atoms with Gasteiger partial charge in [0.05, 0.1) is 0 Å². The van der Waals surface area contributed by atoms with E-state index in [2.05, 4.69) is 72.8 Å². The summed E-state index contributed by atoms with van der Waals surface area (Å²) in [6.07, 6.45) is 0. The highest BCUT2D eigenvalue weighted by Crippen LogP contribution is 2.22. The van der Waals surface area contributed by atoms with Crippen LogP contribution in [0.2, 0.25) is 0 Å². The molecule has 1 rings (SSSR count). The fourth-order valence-electron chi connectivity index (χ4n) is 2.25. The molecular weight excluding hydrogens is 302 g/mol. The molecule has 19 heavy (non-hydrogen) atoms. The first kappa shape index (κ1) is 16.4. The Balaban J connectivity index is 2.77. The molecule has 0 spiro atoms. The van der Waals surface area contributed by atoms with Crippen molar-refractivity contribution in [1.29, 1.82) is 0 Å². The van der Waals surface area contributed by atoms with Gasteiger partial charge in [-0.3, -0.25) is 0 Å². The SMILES string of the molecule is CC(C)c1nc(Br)cc(NCC(C(C)C)C(C)C)n1. The predicted octanol–water partition coefficient (Wildman–Crippen LogP) is 4.70. The van der Waals surface area contributed by atoms with Gasteiger partial charge < -0.3 is 5.32 Å². The first-order chi connectivity index (χ1) is 8.81. The van der Waals surface area contributed by atoms with Crippen LogP contribution < -0.4 is 5.32 Å². The summed E-state index contributed by atoms with van der Waals surface area (Å²) >= 11 is 3.46. The first-order valence-electron chi connectivity index (χ1n) is 7.09. The van der Waals surface area contributed by atoms with Crippen molar-refractivity contribution in [1.82, 2.24) is 9.97 Å². The maximum Gasteiger partial charge on any atom is 0.134 e. The van der Waals surface area contributed by atoms with Gasteiger partial charge in [0, 0.05) is 18.5 Å². The highest BCUT2D eigenvalue weighted by atomic mass is 79.9. The Hall–Kier alpha value is -0.640. The summed E-state index contributed by atoms with van der Waals surface area (Å²) in [5, 5.41) is 3.46. The van der Waals surface area contributed by atoms with E-state index in [1.165, 1.54) is 0 Å². The van der Waals surface area contributed by atoms with E-state index in [0.29, 0.717) is 23.7 Å². The van der Waals surface area contributed by atoms with E-state index in [4.69, 9.17) is 0 Å². The van der Waals surface area contributed by atoms with Crippen molar-refractivity contribution in [2.24, 2.45) is 17.8 Å². The molecule has 1 heterocycles. The van der Waals surface area contributed by atoms with Crippen LogP contribution in [-0.4, -0.2) is 16.5 Å². The lowest BCUT2D eigenvalue weighted by atomic mass is 9.85. The van der Waals surface area contributed by atoms with Crippen molar-refractivity contribution in [3.05, 3.63) is 16.5 Å². The Bertz CT molecular complexity index is 394. The highest BCUT2D eigenvalue weighted by molar-refractivity contribution is 9.10. The second-order valence-corrected chi connectivity index (χ2v) is 6.93. The molecular formula is C15H26BrN3. The second-order valence-electron chi connectivity index (χ2n) is 6.12. The van der Waals surface area contributed by atoms with Crippen molar-refractivity contribution >= 4 is 21.7 Å². The molecule has 3 nitrogen and oxygen atoms in total. The lowest BCUT2D eigenvalue weighted by Crippen LogP contribution is -2.25. The molecule has 0 saturated carbocycles. The van der Waals surface area contributed by atoms with Crippen LogP contribution in [0.3, 0.4) is 0 Å². The van der Waals surface area contributed by atoms with Crippen LogP contribution in [0.1, 0.15) is 53.3 Å². The summed E-state index contributed by atoms with van der Waals surface area (Å²) in [7, 11) is 0. The third-order valence-electron chi connectivity index (χ3n) is 3.46. The molecule has 0 unspecified atom stereocenters. The van der Waals surface area contributed by atoms with E-state index in [0.717, 1.165) is 22.8 Å². The van der Waals surface area contributed by atoms with Crippen LogP contribution in [0.25, 0.3) is 0 Å². The maximum absolute atomic E-state index is 4.57. The molecule has 0 aliphatic rings. The van der Waals surface area contributed by atoms with Gasteiger partial charge in [-0.25, -0.2) is 9.97 Å². The summed E-state index contributed by atoms with van der Waals surface area (Å²) in [6, 6.07) is 1.95. The van der Waals surface area contributed by atoms with Gasteiger partial charge in [0.2, 0.25) is 0 Å². The topological polar surface area (TPSA) is 37.8 Å². The predicted molar refractivity (Wildman–Crippen MR) is 85.5 cm³/mol. The normalized spacial score (nSPS) is 11.9. The van der Waals surface area contributed by atoms with Crippen molar-refractivity contribution in [3.63, 3.8) is 0 Å². The van der Waals surface area contributed by atoms with Gasteiger partial charge in [-0.05, 0) is 33.7 Å². The van der Waals surface area contributed by atoms with Gasteiger partial charge in [-0.15, -0.1) is 0 Å². The summed E-state index contributed by atoms with van der Waals surface area (Å²) in [5.74, 6) is 4.12. The van der Waals surface area contributed by atoms with Crippen molar-refractivity contribution < 1.29 is 0 Å². The maximum atomic E-state index is 4.57. The molecule has 1 N–H and O–H groups in total. The molecule has 4 heteroatoms. The third-order valence-corrected chi connectivity index (χ3v) is 3.87. The number of hydrogen-bond acceptors (Lipinski definition) is 3. The molecule has 0 aromatic carbocycles. The molecule has 0 aliphatic carbocycles. The van der Waals surface area contributed by atoms with Crippen LogP contribution in [0.5, 0.6) is 0 Å². The number of halogens is 1. The monoisotopic (exact) mass is 327 g/mol. The quantitative estimate of drug-likeness (QED) is 0.769. The zero-order valence-corrected chi connectivity index (χ0v) is 14.5. The number of aromatic nitrogens is 2. The van der Waals surface area contributed by atoms with E-state index in [9.17, 15) is 0 Å². The first-order valence-corrected chi connectivity index (χ1v) is 7.89. The minimum atomic E-state index is 0.337. The van der Waals surface area contributed by atoms with Crippen LogP contribution >= 0.6 is 15.9 Å². The summed E-state index contributed by atoms with van der Waals surface area (Å²) in [6.45, 7) is 14.3. The third kappa shape index (κ3) is 5.09. The number of nitrogens with one attached hydrogen (secondary N) is 1. The average Bonchev–Trinajstić information content (AvgIpc) is 2.27. The summed E-state index contributed by atoms with van der Waals surface area (Å²) in [4.78, 5) is 8.97. The highest BCUT2D eigenvalue weighted by Gasteiger charge is 2.17. The standard InChI is InChI=1S/C15H26BrN3/c1-9(2)12(10(3)4)8-17-14-7-13(16)18-15(19-14)11(5)6/h7,9-12H,8H2,1-6H3,(H,17,18,19). The fourth-order valence-corrected chi connectivity index (χ4v) is 2.65. The molecule has 1 aromatic rings. The molecule has 0 fully saturated rings. The zero-order chi connectivity index (χ0) is 14.6. The van der Waals surface area contributed by atoms with Crippen LogP contribution in [-0.2, 0) is 0 Å². The molecule has 0 bridgehead atoms. The van der Waals surface area contributed by atoms with Crippen molar-refractivity contribution in [2.75, 3.05) is 11.9 Å². The Morgan fingerprint density at radius 3 is 2.11 bits per heavy atom. The van der Waals surface area contributed by atoms with E-state index >= 15 is 0 Å². The number of nitrogens with zero attached hydrogens (tertiary/aromatic N) is 2. The van der Waals surface area contributed by atoms with Crippen LogP contribution in [0.4, 0.5) is 5.82 Å². The molecule has 1 aromatic heterocycles. The Morgan fingerprint density at radius 1 is 1.05 bits per heavy atom. The van der Waals surface area contributed by atoms with Gasteiger partial charge in [0.1, 0.15) is 16.2 Å². The minimum Gasteiger partial charge on any atom is -0.370 e. The molecule has 0 atom stereocenters. The van der Waals surface area contributed by atoms with Gasteiger partial charge in [0.15, 0.2) is 0 Å². The number of hydrogen-bond donors (Lipinski definition) is 1. The lowest BCUT2D eigenvalue weighted by Gasteiger charge is -2.25. The second kappa shape index (κ2) is 7.22. The Morgan fingerprint density at radius 2 is 1.63 bits per heavy atom. The Labute approximate surface area is 125 Å². The molecule has 0 saturated heterocycles. The van der Waals surface area contributed by atoms with Crippen LogP contribution in [0, 0.1) is 17.8 Å². The smallest absolute Gasteiger partial charge is 0.134 e. The number of anilines is 1.